The highest BCUT2D eigenvalue weighted by Crippen LogP contribution is 2.32. The van der Waals surface area contributed by atoms with Gasteiger partial charge < -0.3 is 9.73 Å². The predicted octanol–water partition coefficient (Wildman–Crippen LogP) is 5.12. The smallest absolute Gasteiger partial charge is 0.267 e. The topological polar surface area (TPSA) is 77.1 Å². The van der Waals surface area contributed by atoms with E-state index in [9.17, 15) is 9.59 Å². The van der Waals surface area contributed by atoms with Gasteiger partial charge in [-0.15, -0.1) is 11.3 Å². The van der Waals surface area contributed by atoms with Crippen LogP contribution in [-0.2, 0) is 11.3 Å². The molecule has 0 fully saturated rings. The van der Waals surface area contributed by atoms with Crippen molar-refractivity contribution in [3.8, 4) is 16.1 Å². The van der Waals surface area contributed by atoms with Crippen molar-refractivity contribution in [2.45, 2.75) is 11.7 Å². The Hall–Kier alpha value is -3.62. The van der Waals surface area contributed by atoms with Crippen molar-refractivity contribution in [3.63, 3.8) is 0 Å². The molecule has 0 saturated heterocycles. The van der Waals surface area contributed by atoms with Gasteiger partial charge in [0.05, 0.1) is 29.6 Å². The van der Waals surface area contributed by atoms with Gasteiger partial charge >= 0.3 is 0 Å². The Bertz CT molecular complexity index is 1440. The number of hydrogen-bond donors (Lipinski definition) is 1. The minimum atomic E-state index is -0.165. The first-order valence-corrected chi connectivity index (χ1v) is 12.1. The molecule has 33 heavy (non-hydrogen) atoms. The summed E-state index contributed by atoms with van der Waals surface area (Å²) in [6, 6.07) is 24.8. The molecule has 3 aromatic heterocycles. The van der Waals surface area contributed by atoms with Crippen LogP contribution in [0.25, 0.3) is 26.3 Å². The van der Waals surface area contributed by atoms with Gasteiger partial charge in [0.1, 0.15) is 10.6 Å². The lowest BCUT2D eigenvalue weighted by Crippen LogP contribution is -2.26. The van der Waals surface area contributed by atoms with Crippen LogP contribution in [-0.4, -0.2) is 21.2 Å². The van der Waals surface area contributed by atoms with E-state index in [1.807, 2.05) is 66.7 Å². The van der Waals surface area contributed by atoms with Crippen LogP contribution in [0.1, 0.15) is 5.76 Å². The normalized spacial score (nSPS) is 11.0. The SMILES string of the molecule is O=C(CSc1nc2sc(-c3ccccc3)cc2c(=O)n1-c1ccccc1)NCc1ccco1. The second-order valence-electron chi connectivity index (χ2n) is 7.21. The van der Waals surface area contributed by atoms with Crippen LogP contribution < -0.4 is 10.9 Å². The minimum absolute atomic E-state index is 0.127. The van der Waals surface area contributed by atoms with E-state index in [2.05, 4.69) is 5.32 Å². The van der Waals surface area contributed by atoms with Crippen LogP contribution in [0.15, 0.2) is 99.5 Å². The van der Waals surface area contributed by atoms with Gasteiger partial charge in [-0.25, -0.2) is 4.98 Å². The Kier molecular flexibility index (Phi) is 6.10. The lowest BCUT2D eigenvalue weighted by atomic mass is 10.2. The molecule has 8 heteroatoms. The predicted molar refractivity (Wildman–Crippen MR) is 132 cm³/mol. The summed E-state index contributed by atoms with van der Waals surface area (Å²) in [7, 11) is 0. The molecule has 0 saturated carbocycles. The fourth-order valence-corrected chi connectivity index (χ4v) is 5.31. The number of thioether (sulfide) groups is 1. The van der Waals surface area contributed by atoms with Crippen molar-refractivity contribution in [3.05, 3.63) is 101 Å². The van der Waals surface area contributed by atoms with E-state index in [1.54, 1.807) is 23.0 Å². The molecule has 6 nitrogen and oxygen atoms in total. The van der Waals surface area contributed by atoms with Gasteiger partial charge in [0.25, 0.3) is 5.56 Å². The van der Waals surface area contributed by atoms with Gasteiger partial charge in [-0.3, -0.25) is 14.2 Å². The van der Waals surface area contributed by atoms with Crippen LogP contribution in [0.5, 0.6) is 0 Å². The molecule has 0 unspecified atom stereocenters. The molecule has 0 aliphatic carbocycles. The third-order valence-electron chi connectivity index (χ3n) is 4.98. The average molecular weight is 474 g/mol. The molecule has 1 N–H and O–H groups in total. The van der Waals surface area contributed by atoms with Gasteiger partial charge in [-0.05, 0) is 35.9 Å². The third-order valence-corrected chi connectivity index (χ3v) is 7.00. The molecule has 0 aliphatic heterocycles. The van der Waals surface area contributed by atoms with E-state index >= 15 is 0 Å². The van der Waals surface area contributed by atoms with Gasteiger partial charge in [0, 0.05) is 4.88 Å². The molecule has 1 amide bonds. The zero-order valence-electron chi connectivity index (χ0n) is 17.4. The number of aromatic nitrogens is 2. The number of carbonyl (C=O) groups is 1. The number of hydrogen-bond acceptors (Lipinski definition) is 6. The van der Waals surface area contributed by atoms with E-state index in [0.717, 1.165) is 10.4 Å². The third kappa shape index (κ3) is 4.62. The van der Waals surface area contributed by atoms with Crippen LogP contribution in [0.4, 0.5) is 0 Å². The summed E-state index contributed by atoms with van der Waals surface area (Å²) < 4.78 is 6.83. The molecule has 2 aromatic carbocycles. The number of fused-ring (bicyclic) bond motifs is 1. The highest BCUT2D eigenvalue weighted by Gasteiger charge is 2.17. The number of amides is 1. The minimum Gasteiger partial charge on any atom is -0.467 e. The van der Waals surface area contributed by atoms with Gasteiger partial charge in [0.15, 0.2) is 5.16 Å². The van der Waals surface area contributed by atoms with Crippen molar-refractivity contribution in [2.24, 2.45) is 0 Å². The number of rotatable bonds is 7. The second-order valence-corrected chi connectivity index (χ2v) is 9.18. The molecular weight excluding hydrogens is 454 g/mol. The number of furan rings is 1. The first-order valence-electron chi connectivity index (χ1n) is 10.3. The van der Waals surface area contributed by atoms with Crippen LogP contribution in [0.3, 0.4) is 0 Å². The molecule has 0 bridgehead atoms. The Morgan fingerprint density at radius 1 is 1.03 bits per heavy atom. The number of nitrogens with one attached hydrogen (secondary N) is 1. The fourth-order valence-electron chi connectivity index (χ4n) is 3.39. The lowest BCUT2D eigenvalue weighted by molar-refractivity contribution is -0.118. The number of para-hydroxylation sites is 1. The highest BCUT2D eigenvalue weighted by atomic mass is 32.2. The van der Waals surface area contributed by atoms with Crippen molar-refractivity contribution in [2.75, 3.05) is 5.75 Å². The van der Waals surface area contributed by atoms with E-state index in [0.29, 0.717) is 33.4 Å². The summed E-state index contributed by atoms with van der Waals surface area (Å²) in [6.45, 7) is 0.315. The quantitative estimate of drug-likeness (QED) is 0.262. The number of nitrogens with zero attached hydrogens (tertiary/aromatic N) is 2. The van der Waals surface area contributed by atoms with Crippen molar-refractivity contribution in [1.82, 2.24) is 14.9 Å². The summed E-state index contributed by atoms with van der Waals surface area (Å²) in [4.78, 5) is 32.4. The number of benzene rings is 2. The van der Waals surface area contributed by atoms with E-state index < -0.39 is 0 Å². The number of thiophene rings is 1. The zero-order chi connectivity index (χ0) is 22.6. The van der Waals surface area contributed by atoms with E-state index in [-0.39, 0.29) is 17.2 Å². The molecule has 0 spiro atoms. The van der Waals surface area contributed by atoms with Gasteiger partial charge in [0.2, 0.25) is 5.91 Å². The summed E-state index contributed by atoms with van der Waals surface area (Å²) in [5.41, 5.74) is 1.60. The first-order chi connectivity index (χ1) is 16.2. The second kappa shape index (κ2) is 9.48. The van der Waals surface area contributed by atoms with E-state index in [1.165, 1.54) is 23.1 Å². The maximum Gasteiger partial charge on any atom is 0.267 e. The molecule has 3 heterocycles. The van der Waals surface area contributed by atoms with Crippen LogP contribution >= 0.6 is 23.1 Å². The van der Waals surface area contributed by atoms with E-state index in [4.69, 9.17) is 9.40 Å². The largest absolute Gasteiger partial charge is 0.467 e. The molecular formula is C25H19N3O3S2. The summed E-state index contributed by atoms with van der Waals surface area (Å²) in [6.07, 6.45) is 1.57. The molecule has 0 radical (unpaired) electrons. The molecule has 164 valence electrons. The Labute approximate surface area is 197 Å². The van der Waals surface area contributed by atoms with Crippen LogP contribution in [0.2, 0.25) is 0 Å². The maximum absolute atomic E-state index is 13.5. The van der Waals surface area contributed by atoms with Gasteiger partial charge in [-0.1, -0.05) is 60.3 Å². The first kappa shape index (κ1) is 21.2. The summed E-state index contributed by atoms with van der Waals surface area (Å²) in [5.74, 6) is 0.644. The van der Waals surface area contributed by atoms with Crippen molar-refractivity contribution < 1.29 is 9.21 Å². The molecule has 5 aromatic rings. The zero-order valence-corrected chi connectivity index (χ0v) is 19.1. The molecule has 0 aliphatic rings. The highest BCUT2D eigenvalue weighted by molar-refractivity contribution is 7.99. The molecule has 5 rings (SSSR count). The van der Waals surface area contributed by atoms with Crippen molar-refractivity contribution >= 4 is 39.2 Å². The lowest BCUT2D eigenvalue weighted by Gasteiger charge is -2.11. The molecule has 0 atom stereocenters. The van der Waals surface area contributed by atoms with Crippen molar-refractivity contribution in [1.29, 1.82) is 0 Å². The average Bonchev–Trinajstić information content (AvgIpc) is 3.53. The summed E-state index contributed by atoms with van der Waals surface area (Å²) in [5, 5.41) is 3.87. The standard InChI is InChI=1S/C25H19N3O3S2/c29-22(26-15-19-12-7-13-31-19)16-32-25-27-23-20(14-21(33-23)17-8-3-1-4-9-17)24(30)28(25)18-10-5-2-6-11-18/h1-14H,15-16H2,(H,26,29). The monoisotopic (exact) mass is 473 g/mol. The Morgan fingerprint density at radius 3 is 2.52 bits per heavy atom. The van der Waals surface area contributed by atoms with Crippen LogP contribution in [0, 0.1) is 0 Å². The fraction of sp³-hybridized carbons (Fsp3) is 0.0800. The summed E-state index contributed by atoms with van der Waals surface area (Å²) >= 11 is 2.71. The number of carbonyl (C=O) groups excluding carboxylic acids is 1. The Morgan fingerprint density at radius 2 is 1.79 bits per heavy atom. The van der Waals surface area contributed by atoms with Gasteiger partial charge in [-0.2, -0.15) is 0 Å². The Balaban J connectivity index is 1.49. The maximum atomic E-state index is 13.5.